The summed E-state index contributed by atoms with van der Waals surface area (Å²) in [7, 11) is 0. The first kappa shape index (κ1) is 13.5. The first-order valence-corrected chi connectivity index (χ1v) is 6.88. The van der Waals surface area contributed by atoms with Crippen LogP contribution in [0.25, 0.3) is 0 Å². The molecule has 0 bridgehead atoms. The van der Waals surface area contributed by atoms with E-state index in [0.717, 1.165) is 24.2 Å². The van der Waals surface area contributed by atoms with Gasteiger partial charge in [-0.3, -0.25) is 0 Å². The maximum atomic E-state index is 13.3. The van der Waals surface area contributed by atoms with Crippen LogP contribution in [0.15, 0.2) is 42.5 Å². The van der Waals surface area contributed by atoms with E-state index in [2.05, 4.69) is 5.32 Å². The Morgan fingerprint density at radius 2 is 1.85 bits per heavy atom. The average Bonchev–Trinajstić information content (AvgIpc) is 2.38. The summed E-state index contributed by atoms with van der Waals surface area (Å²) < 4.78 is 26.3. The smallest absolute Gasteiger partial charge is 0.159 e. The monoisotopic (exact) mass is 293 g/mol. The van der Waals surface area contributed by atoms with Crippen LogP contribution in [0.1, 0.15) is 11.1 Å². The molecule has 0 aromatic heterocycles. The summed E-state index contributed by atoms with van der Waals surface area (Å²) in [4.78, 5) is 0. The zero-order chi connectivity index (χ0) is 14.2. The Morgan fingerprint density at radius 1 is 1.05 bits per heavy atom. The van der Waals surface area contributed by atoms with Crippen LogP contribution in [0.4, 0.5) is 8.78 Å². The van der Waals surface area contributed by atoms with E-state index in [4.69, 9.17) is 11.6 Å². The molecule has 3 rings (SSSR count). The molecule has 0 spiro atoms. The van der Waals surface area contributed by atoms with Gasteiger partial charge in [0.1, 0.15) is 0 Å². The van der Waals surface area contributed by atoms with E-state index < -0.39 is 11.6 Å². The summed E-state index contributed by atoms with van der Waals surface area (Å²) in [5, 5.41) is 3.95. The van der Waals surface area contributed by atoms with Gasteiger partial charge in [-0.25, -0.2) is 8.78 Å². The molecular weight excluding hydrogens is 280 g/mol. The fourth-order valence-electron chi connectivity index (χ4n) is 2.72. The SMILES string of the molecule is Fc1ccc(CC2(c3cccc(Cl)c3)CNC2)cc1F. The maximum Gasteiger partial charge on any atom is 0.159 e. The molecule has 2 aromatic carbocycles. The standard InChI is InChI=1S/C16H14ClF2N/c17-13-3-1-2-12(7-13)16(9-20-10-16)8-11-4-5-14(18)15(19)6-11/h1-7,20H,8-10H2. The second kappa shape index (κ2) is 5.15. The molecule has 0 atom stereocenters. The predicted octanol–water partition coefficient (Wildman–Crippen LogP) is 3.70. The fourth-order valence-corrected chi connectivity index (χ4v) is 2.91. The summed E-state index contributed by atoms with van der Waals surface area (Å²) in [5.74, 6) is -1.60. The van der Waals surface area contributed by atoms with E-state index in [0.29, 0.717) is 11.4 Å². The van der Waals surface area contributed by atoms with Crippen LogP contribution in [0.5, 0.6) is 0 Å². The first-order valence-electron chi connectivity index (χ1n) is 6.50. The number of rotatable bonds is 3. The van der Waals surface area contributed by atoms with Crippen LogP contribution >= 0.6 is 11.6 Å². The highest BCUT2D eigenvalue weighted by Gasteiger charge is 2.38. The number of halogens is 3. The van der Waals surface area contributed by atoms with Crippen LogP contribution in [0, 0.1) is 11.6 Å². The third-order valence-corrected chi connectivity index (χ3v) is 4.13. The minimum Gasteiger partial charge on any atom is -0.315 e. The van der Waals surface area contributed by atoms with Gasteiger partial charge in [0.05, 0.1) is 0 Å². The molecule has 2 aromatic rings. The van der Waals surface area contributed by atoms with Crippen molar-refractivity contribution < 1.29 is 8.78 Å². The number of nitrogens with one attached hydrogen (secondary N) is 1. The van der Waals surface area contributed by atoms with E-state index in [9.17, 15) is 8.78 Å². The third-order valence-electron chi connectivity index (χ3n) is 3.89. The summed E-state index contributed by atoms with van der Waals surface area (Å²) in [6.45, 7) is 1.62. The van der Waals surface area contributed by atoms with Crippen molar-refractivity contribution in [3.8, 4) is 0 Å². The van der Waals surface area contributed by atoms with Gasteiger partial charge in [0.15, 0.2) is 11.6 Å². The largest absolute Gasteiger partial charge is 0.315 e. The first-order chi connectivity index (χ1) is 9.59. The van der Waals surface area contributed by atoms with Crippen molar-refractivity contribution in [2.75, 3.05) is 13.1 Å². The van der Waals surface area contributed by atoms with Crippen molar-refractivity contribution >= 4 is 11.6 Å². The van der Waals surface area contributed by atoms with E-state index in [1.807, 2.05) is 24.3 Å². The summed E-state index contributed by atoms with van der Waals surface area (Å²) in [5.41, 5.74) is 1.84. The lowest BCUT2D eigenvalue weighted by molar-refractivity contribution is 0.274. The number of benzene rings is 2. The molecule has 1 aliphatic rings. The van der Waals surface area contributed by atoms with Crippen molar-refractivity contribution in [1.82, 2.24) is 5.32 Å². The number of hydrogen-bond donors (Lipinski definition) is 1. The molecule has 0 unspecified atom stereocenters. The van der Waals surface area contributed by atoms with Crippen LogP contribution in [0.3, 0.4) is 0 Å². The molecule has 1 fully saturated rings. The van der Waals surface area contributed by atoms with Gasteiger partial charge in [-0.2, -0.15) is 0 Å². The van der Waals surface area contributed by atoms with Crippen LogP contribution < -0.4 is 5.32 Å². The molecular formula is C16H14ClF2N. The van der Waals surface area contributed by atoms with Gasteiger partial charge in [0.2, 0.25) is 0 Å². The lowest BCUT2D eigenvalue weighted by Crippen LogP contribution is -2.58. The average molecular weight is 294 g/mol. The van der Waals surface area contributed by atoms with E-state index in [-0.39, 0.29) is 5.41 Å². The van der Waals surface area contributed by atoms with Crippen LogP contribution in [0.2, 0.25) is 5.02 Å². The van der Waals surface area contributed by atoms with Crippen molar-refractivity contribution in [2.24, 2.45) is 0 Å². The summed E-state index contributed by atoms with van der Waals surface area (Å²) in [6, 6.07) is 11.8. The predicted molar refractivity (Wildman–Crippen MR) is 76.1 cm³/mol. The van der Waals surface area contributed by atoms with Gasteiger partial charge in [0, 0.05) is 23.5 Å². The topological polar surface area (TPSA) is 12.0 Å². The molecule has 0 amide bonds. The molecule has 104 valence electrons. The molecule has 1 saturated heterocycles. The molecule has 0 aliphatic carbocycles. The summed E-state index contributed by atoms with van der Waals surface area (Å²) >= 11 is 6.05. The molecule has 4 heteroatoms. The molecule has 0 saturated carbocycles. The zero-order valence-corrected chi connectivity index (χ0v) is 11.6. The molecule has 1 nitrogen and oxygen atoms in total. The van der Waals surface area contributed by atoms with E-state index >= 15 is 0 Å². The minimum absolute atomic E-state index is 0.0881. The van der Waals surface area contributed by atoms with Crippen molar-refractivity contribution in [3.63, 3.8) is 0 Å². The normalized spacial score (nSPS) is 16.8. The highest BCUT2D eigenvalue weighted by Crippen LogP contribution is 2.34. The highest BCUT2D eigenvalue weighted by atomic mass is 35.5. The second-order valence-electron chi connectivity index (χ2n) is 5.32. The van der Waals surface area contributed by atoms with E-state index in [1.54, 1.807) is 6.07 Å². The maximum absolute atomic E-state index is 13.3. The molecule has 20 heavy (non-hydrogen) atoms. The van der Waals surface area contributed by atoms with Crippen LogP contribution in [-0.4, -0.2) is 13.1 Å². The van der Waals surface area contributed by atoms with Crippen molar-refractivity contribution in [2.45, 2.75) is 11.8 Å². The fraction of sp³-hybridized carbons (Fsp3) is 0.250. The Hall–Kier alpha value is -1.45. The number of hydrogen-bond acceptors (Lipinski definition) is 1. The zero-order valence-electron chi connectivity index (χ0n) is 10.8. The second-order valence-corrected chi connectivity index (χ2v) is 5.76. The molecule has 0 radical (unpaired) electrons. The minimum atomic E-state index is -0.808. The lowest BCUT2D eigenvalue weighted by atomic mass is 9.71. The van der Waals surface area contributed by atoms with Gasteiger partial charge < -0.3 is 5.32 Å². The Labute approximate surface area is 121 Å². The quantitative estimate of drug-likeness (QED) is 0.910. The Bertz CT molecular complexity index is 638. The molecule has 1 aliphatic heterocycles. The molecule has 1 N–H and O–H groups in total. The van der Waals surface area contributed by atoms with Gasteiger partial charge >= 0.3 is 0 Å². The van der Waals surface area contributed by atoms with Gasteiger partial charge in [0.25, 0.3) is 0 Å². The third kappa shape index (κ3) is 2.43. The van der Waals surface area contributed by atoms with Gasteiger partial charge in [-0.05, 0) is 41.8 Å². The Kier molecular flexibility index (Phi) is 3.48. The Morgan fingerprint density at radius 3 is 2.45 bits per heavy atom. The molecule has 1 heterocycles. The van der Waals surface area contributed by atoms with Crippen molar-refractivity contribution in [3.05, 3.63) is 70.2 Å². The lowest BCUT2D eigenvalue weighted by Gasteiger charge is -2.43. The summed E-state index contributed by atoms with van der Waals surface area (Å²) in [6.07, 6.45) is 0.664. The van der Waals surface area contributed by atoms with Crippen molar-refractivity contribution in [1.29, 1.82) is 0 Å². The van der Waals surface area contributed by atoms with E-state index in [1.165, 1.54) is 12.1 Å². The van der Waals surface area contributed by atoms with Gasteiger partial charge in [-0.1, -0.05) is 29.8 Å². The highest BCUT2D eigenvalue weighted by molar-refractivity contribution is 6.30. The van der Waals surface area contributed by atoms with Gasteiger partial charge in [-0.15, -0.1) is 0 Å². The Balaban J connectivity index is 1.91. The van der Waals surface area contributed by atoms with Crippen LogP contribution in [-0.2, 0) is 11.8 Å².